The van der Waals surface area contributed by atoms with Crippen LogP contribution in [0.1, 0.15) is 34.2 Å². The maximum atomic E-state index is 12.7. The summed E-state index contributed by atoms with van der Waals surface area (Å²) >= 11 is 1.51. The van der Waals surface area contributed by atoms with Gasteiger partial charge in [0.25, 0.3) is 5.91 Å². The Hall–Kier alpha value is -3.26. The number of ether oxygens (including phenoxy) is 1. The number of hydrogen-bond acceptors (Lipinski definition) is 7. The molecule has 1 atom stereocenters. The molecule has 0 unspecified atom stereocenters. The van der Waals surface area contributed by atoms with E-state index >= 15 is 0 Å². The molecule has 4 rings (SSSR count). The van der Waals surface area contributed by atoms with E-state index in [0.29, 0.717) is 11.6 Å². The third-order valence-electron chi connectivity index (χ3n) is 4.53. The number of pyridine rings is 1. The summed E-state index contributed by atoms with van der Waals surface area (Å²) in [5.74, 6) is 0.835. The average Bonchev–Trinajstić information content (AvgIpc) is 3.43. The van der Waals surface area contributed by atoms with Gasteiger partial charge in [0.05, 0.1) is 11.6 Å². The molecule has 0 spiro atoms. The van der Waals surface area contributed by atoms with E-state index in [1.54, 1.807) is 36.0 Å². The normalized spacial score (nSPS) is 12.1. The van der Waals surface area contributed by atoms with Crippen molar-refractivity contribution in [3.63, 3.8) is 0 Å². The highest BCUT2D eigenvalue weighted by atomic mass is 32.1. The van der Waals surface area contributed by atoms with Crippen LogP contribution in [0.3, 0.4) is 0 Å². The zero-order valence-corrected chi connectivity index (χ0v) is 16.2. The molecule has 0 aliphatic rings. The molecule has 8 heteroatoms. The van der Waals surface area contributed by atoms with Crippen molar-refractivity contribution in [1.29, 1.82) is 0 Å². The Bertz CT molecular complexity index is 1090. The number of fused-ring (bicyclic) bond motifs is 1. The highest BCUT2D eigenvalue weighted by molar-refractivity contribution is 7.09. The zero-order valence-electron chi connectivity index (χ0n) is 15.4. The maximum Gasteiger partial charge on any atom is 0.276 e. The van der Waals surface area contributed by atoms with Gasteiger partial charge in [-0.3, -0.25) is 14.8 Å². The van der Waals surface area contributed by atoms with Crippen molar-refractivity contribution < 1.29 is 13.9 Å². The lowest BCUT2D eigenvalue weighted by Crippen LogP contribution is -2.29. The molecule has 0 saturated carbocycles. The predicted molar refractivity (Wildman–Crippen MR) is 105 cm³/mol. The average molecular weight is 394 g/mol. The van der Waals surface area contributed by atoms with E-state index in [1.165, 1.54) is 17.6 Å². The number of thiazole rings is 1. The van der Waals surface area contributed by atoms with Crippen LogP contribution < -0.4 is 4.74 Å². The highest BCUT2D eigenvalue weighted by Gasteiger charge is 2.23. The number of oxazole rings is 1. The van der Waals surface area contributed by atoms with Crippen LogP contribution in [0.4, 0.5) is 0 Å². The standard InChI is InChI=1S/C20H18N4O3S/c1-13(18-9-22-12-28-18)24(2)20(25)16-10-27-19(23-16)11-26-17-5-3-4-14-8-21-7-6-15(14)17/h3-10,12-13H,11H2,1-2H3/t13-/m0/s1. The molecule has 4 aromatic rings. The summed E-state index contributed by atoms with van der Waals surface area (Å²) in [5.41, 5.74) is 2.00. The second-order valence-electron chi connectivity index (χ2n) is 6.26. The number of amides is 1. The van der Waals surface area contributed by atoms with E-state index in [9.17, 15) is 4.79 Å². The van der Waals surface area contributed by atoms with E-state index in [1.807, 2.05) is 31.2 Å². The fourth-order valence-electron chi connectivity index (χ4n) is 2.81. The lowest BCUT2D eigenvalue weighted by atomic mass is 10.1. The van der Waals surface area contributed by atoms with Crippen LogP contribution >= 0.6 is 11.3 Å². The lowest BCUT2D eigenvalue weighted by Gasteiger charge is -2.22. The van der Waals surface area contributed by atoms with Crippen molar-refractivity contribution in [3.8, 4) is 5.75 Å². The van der Waals surface area contributed by atoms with Gasteiger partial charge in [-0.2, -0.15) is 0 Å². The topological polar surface area (TPSA) is 81.4 Å². The first-order valence-electron chi connectivity index (χ1n) is 8.69. The van der Waals surface area contributed by atoms with Crippen LogP contribution in [0.25, 0.3) is 10.8 Å². The van der Waals surface area contributed by atoms with Gasteiger partial charge in [-0.15, -0.1) is 11.3 Å². The molecule has 142 valence electrons. The third-order valence-corrected chi connectivity index (χ3v) is 5.47. The smallest absolute Gasteiger partial charge is 0.276 e. The zero-order chi connectivity index (χ0) is 19.5. The van der Waals surface area contributed by atoms with Crippen LogP contribution in [-0.2, 0) is 6.61 Å². The molecule has 0 fully saturated rings. The van der Waals surface area contributed by atoms with Crippen LogP contribution in [0.2, 0.25) is 0 Å². The molecule has 0 aliphatic carbocycles. The second-order valence-corrected chi connectivity index (χ2v) is 7.18. The number of carbonyl (C=O) groups is 1. The van der Waals surface area contributed by atoms with Crippen LogP contribution in [0, 0.1) is 0 Å². The minimum absolute atomic E-state index is 0.0966. The molecule has 0 saturated heterocycles. The molecule has 28 heavy (non-hydrogen) atoms. The first-order chi connectivity index (χ1) is 13.6. The number of carbonyl (C=O) groups excluding carboxylic acids is 1. The third kappa shape index (κ3) is 3.59. The largest absolute Gasteiger partial charge is 0.483 e. The van der Waals surface area contributed by atoms with Gasteiger partial charge in [0, 0.05) is 41.3 Å². The van der Waals surface area contributed by atoms with E-state index in [2.05, 4.69) is 15.0 Å². The SMILES string of the molecule is C[C@@H](c1cncs1)N(C)C(=O)c1coc(COc2cccc3cnccc23)n1. The molecule has 0 N–H and O–H groups in total. The van der Waals surface area contributed by atoms with Crippen molar-refractivity contribution in [2.45, 2.75) is 19.6 Å². The summed E-state index contributed by atoms with van der Waals surface area (Å²) in [5, 5.41) is 1.94. The summed E-state index contributed by atoms with van der Waals surface area (Å²) in [6.45, 7) is 2.08. The van der Waals surface area contributed by atoms with Gasteiger partial charge in [0.15, 0.2) is 12.3 Å². The van der Waals surface area contributed by atoms with Crippen molar-refractivity contribution in [3.05, 3.63) is 71.1 Å². The van der Waals surface area contributed by atoms with Crippen LogP contribution in [-0.4, -0.2) is 32.8 Å². The first kappa shape index (κ1) is 18.1. The quantitative estimate of drug-likeness (QED) is 0.490. The predicted octanol–water partition coefficient (Wildman–Crippen LogP) is 4.09. The Morgan fingerprint density at radius 2 is 2.18 bits per heavy atom. The Morgan fingerprint density at radius 3 is 3.00 bits per heavy atom. The number of nitrogens with zero attached hydrogens (tertiary/aromatic N) is 4. The van der Waals surface area contributed by atoms with Gasteiger partial charge in [-0.1, -0.05) is 12.1 Å². The van der Waals surface area contributed by atoms with Gasteiger partial charge < -0.3 is 14.1 Å². The number of rotatable bonds is 6. The Labute approximate surface area is 165 Å². The molecule has 3 aromatic heterocycles. The molecule has 1 amide bonds. The second kappa shape index (κ2) is 7.77. The van der Waals surface area contributed by atoms with Gasteiger partial charge in [0.1, 0.15) is 12.0 Å². The summed E-state index contributed by atoms with van der Waals surface area (Å²) in [7, 11) is 1.74. The van der Waals surface area contributed by atoms with Crippen molar-refractivity contribution in [2.75, 3.05) is 7.05 Å². The summed E-state index contributed by atoms with van der Waals surface area (Å²) in [4.78, 5) is 27.8. The van der Waals surface area contributed by atoms with Gasteiger partial charge >= 0.3 is 0 Å². The molecule has 7 nitrogen and oxygen atoms in total. The Balaban J connectivity index is 1.45. The van der Waals surface area contributed by atoms with E-state index in [-0.39, 0.29) is 24.2 Å². The van der Waals surface area contributed by atoms with Gasteiger partial charge in [-0.05, 0) is 19.1 Å². The molecule has 0 bridgehead atoms. The fourth-order valence-corrected chi connectivity index (χ4v) is 3.53. The number of hydrogen-bond donors (Lipinski definition) is 0. The molecular formula is C20H18N4O3S. The minimum Gasteiger partial charge on any atom is -0.483 e. The first-order valence-corrected chi connectivity index (χ1v) is 9.57. The van der Waals surface area contributed by atoms with E-state index in [0.717, 1.165) is 15.6 Å². The molecular weight excluding hydrogens is 376 g/mol. The minimum atomic E-state index is -0.216. The van der Waals surface area contributed by atoms with Crippen molar-refractivity contribution >= 4 is 28.0 Å². The number of benzene rings is 1. The summed E-state index contributed by atoms with van der Waals surface area (Å²) < 4.78 is 11.3. The van der Waals surface area contributed by atoms with Crippen molar-refractivity contribution in [1.82, 2.24) is 19.9 Å². The lowest BCUT2D eigenvalue weighted by molar-refractivity contribution is 0.0738. The van der Waals surface area contributed by atoms with Crippen molar-refractivity contribution in [2.24, 2.45) is 0 Å². The van der Waals surface area contributed by atoms with E-state index in [4.69, 9.17) is 9.15 Å². The van der Waals surface area contributed by atoms with Crippen LogP contribution in [0.15, 0.2) is 59.0 Å². The Kier molecular flexibility index (Phi) is 5.03. The maximum absolute atomic E-state index is 12.7. The summed E-state index contributed by atoms with van der Waals surface area (Å²) in [6.07, 6.45) is 6.63. The number of aromatic nitrogens is 3. The van der Waals surface area contributed by atoms with E-state index < -0.39 is 0 Å². The fraction of sp³-hybridized carbons (Fsp3) is 0.200. The monoisotopic (exact) mass is 394 g/mol. The summed E-state index contributed by atoms with van der Waals surface area (Å²) in [6, 6.07) is 7.55. The van der Waals surface area contributed by atoms with Crippen LogP contribution in [0.5, 0.6) is 5.75 Å². The molecule has 3 heterocycles. The molecule has 1 aromatic carbocycles. The van der Waals surface area contributed by atoms with Gasteiger partial charge in [-0.25, -0.2) is 4.98 Å². The molecule has 0 aliphatic heterocycles. The Morgan fingerprint density at radius 1 is 1.29 bits per heavy atom. The highest BCUT2D eigenvalue weighted by Crippen LogP contribution is 2.26. The molecule has 0 radical (unpaired) electrons. The van der Waals surface area contributed by atoms with Gasteiger partial charge in [0.2, 0.25) is 5.89 Å².